The molecule has 0 fully saturated rings. The maximum Gasteiger partial charge on any atom is 0.148 e. The summed E-state index contributed by atoms with van der Waals surface area (Å²) in [4.78, 5) is 39.9. The van der Waals surface area contributed by atoms with E-state index in [0.717, 1.165) is 114 Å². The number of rotatable bonds is 16. The molecule has 17 rings (SSSR count). The van der Waals surface area contributed by atoms with Crippen LogP contribution in [0.3, 0.4) is 0 Å². The van der Waals surface area contributed by atoms with Crippen LogP contribution < -0.4 is 13.4 Å². The average Bonchev–Trinajstić information content (AvgIpc) is 0.743. The number of para-hydroxylation sites is 9. The summed E-state index contributed by atoms with van der Waals surface area (Å²) in [6.45, 7) is 21.5. The Kier molecular flexibility index (Phi) is 35.1. The monoisotopic (exact) mass is 1860 g/mol. The van der Waals surface area contributed by atoms with Crippen LogP contribution in [0, 0.1) is 36.3 Å². The van der Waals surface area contributed by atoms with Crippen LogP contribution >= 0.6 is 0 Å². The molecule has 2 aromatic heterocycles. The van der Waals surface area contributed by atoms with E-state index in [2.05, 4.69) is 396 Å². The van der Waals surface area contributed by atoms with E-state index in [4.69, 9.17) is 19.2 Å². The molecule has 4 heterocycles. The average molecular weight is 1860 g/mol. The topological polar surface area (TPSA) is 100 Å². The molecule has 0 saturated carbocycles. The van der Waals surface area contributed by atoms with Crippen LogP contribution in [0.1, 0.15) is 11.1 Å². The van der Waals surface area contributed by atoms with Gasteiger partial charge in [0.05, 0.1) is 35.9 Å². The minimum absolute atomic E-state index is 0. The van der Waals surface area contributed by atoms with Crippen LogP contribution in [0.25, 0.3) is 22.5 Å². The summed E-state index contributed by atoms with van der Waals surface area (Å²) in [6, 6.07) is 153. The molecule has 0 aliphatic carbocycles. The summed E-state index contributed by atoms with van der Waals surface area (Å²) in [5, 5.41) is 0. The molecular formula is C104H82N7O4ReW-5. The zero-order chi connectivity index (χ0) is 80.8. The normalized spacial score (nSPS) is 11.6. The van der Waals surface area contributed by atoms with Crippen LogP contribution in [0.5, 0.6) is 0 Å². The zero-order valence-corrected chi connectivity index (χ0v) is 69.6. The van der Waals surface area contributed by atoms with E-state index >= 15 is 0 Å². The van der Waals surface area contributed by atoms with E-state index < -0.39 is 0 Å². The van der Waals surface area contributed by atoms with Gasteiger partial charge in [0, 0.05) is 110 Å². The molecule has 0 unspecified atom stereocenters. The number of hydrogen-bond donors (Lipinski definition) is 0. The van der Waals surface area contributed by atoms with Gasteiger partial charge in [-0.3, -0.25) is 27.2 Å². The molecule has 2 aliphatic rings. The van der Waals surface area contributed by atoms with E-state index in [1.807, 2.05) is 131 Å². The van der Waals surface area contributed by atoms with Crippen LogP contribution in [0.4, 0.5) is 56.9 Å². The summed E-state index contributed by atoms with van der Waals surface area (Å²) < 4.78 is 5.20. The van der Waals surface area contributed by atoms with E-state index in [1.54, 1.807) is 6.20 Å². The first-order chi connectivity index (χ1) is 56.9. The van der Waals surface area contributed by atoms with Gasteiger partial charge in [0.15, 0.2) is 0 Å². The number of aromatic nitrogens is 2. The maximum absolute atomic E-state index is 7.75. The number of hydrogen-bond acceptors (Lipinski definition) is 6. The molecule has 11 nitrogen and oxygen atoms in total. The summed E-state index contributed by atoms with van der Waals surface area (Å²) in [6.07, 6.45) is 16.5. The molecule has 2 aliphatic heterocycles. The Bertz CT molecular complexity index is 5010. The Balaban J connectivity index is 0.000000195. The third kappa shape index (κ3) is 20.7. The van der Waals surface area contributed by atoms with Crippen molar-refractivity contribution in [3.8, 4) is 22.5 Å². The molecule has 0 N–H and O–H groups in total. The van der Waals surface area contributed by atoms with E-state index in [9.17, 15) is 0 Å². The molecule has 0 amide bonds. The minimum atomic E-state index is 0. The Morgan fingerprint density at radius 1 is 0.274 bits per heavy atom. The summed E-state index contributed by atoms with van der Waals surface area (Å²) >= 11 is 0. The summed E-state index contributed by atoms with van der Waals surface area (Å²) in [5.74, 6) is 0. The first-order valence-electron chi connectivity index (χ1n) is 36.6. The Labute approximate surface area is 716 Å². The Morgan fingerprint density at radius 2 is 0.530 bits per heavy atom. The molecule has 13 aromatic carbocycles. The summed E-state index contributed by atoms with van der Waals surface area (Å²) in [7, 11) is 0. The molecule has 117 heavy (non-hydrogen) atoms. The fourth-order valence-corrected chi connectivity index (χ4v) is 14.0. The Hall–Kier alpha value is -13.9. The van der Waals surface area contributed by atoms with E-state index in [1.165, 1.54) is 0 Å². The van der Waals surface area contributed by atoms with Gasteiger partial charge in [0.25, 0.3) is 0 Å². The Morgan fingerprint density at radius 3 is 0.795 bits per heavy atom. The largest absolute Gasteiger partial charge is 0.545 e. The molecule has 15 aromatic rings. The van der Waals surface area contributed by atoms with Gasteiger partial charge in [-0.05, 0) is 121 Å². The standard InChI is InChI=1S/2C30H24N2.C29H22N2.C11H8N.4CHO.Re.W/c2*1-31-23-22-29(24-30(31)25-14-6-2-7-15-25)32(26-16-8-3-9-17-26,27-18-10-4-11-19-27)28-20-12-5-13-21-28;1-5-13-24(14-6-1)29-23-28(21-22-30-29)31(25-15-7-2-8-16-25,26-17-9-3-10-18-26)27-19-11-4-12-20-27;1-2-6-10(7-3-1)11-8-4-5-9-12-11;4*1-2;;/h2*2-14,16-24H,1H2;1-13,15-23H;1-6,8-9H;4*1H;;/q;;;5*-1;;. The second-order valence-electron chi connectivity index (χ2n) is 25.2. The van der Waals surface area contributed by atoms with Crippen molar-refractivity contribution in [2.45, 2.75) is 0 Å². The number of pyridine rings is 2. The number of nitrogens with zero attached hydrogens (tertiary/aromatic N) is 7. The van der Waals surface area contributed by atoms with Gasteiger partial charge in [-0.25, -0.2) is 8.97 Å². The van der Waals surface area contributed by atoms with Crippen molar-refractivity contribution in [2.24, 2.45) is 0 Å². The molecule has 0 atom stereocenters. The van der Waals surface area contributed by atoms with E-state index in [0.29, 0.717) is 13.4 Å². The molecule has 0 bridgehead atoms. The number of allylic oxidation sites excluding steroid dienone is 2. The summed E-state index contributed by atoms with van der Waals surface area (Å²) in [5.41, 5.74) is 19.7. The first-order valence-corrected chi connectivity index (χ1v) is 36.6. The minimum Gasteiger partial charge on any atom is -0.545 e. The van der Waals surface area contributed by atoms with Crippen molar-refractivity contribution in [1.29, 1.82) is 0 Å². The van der Waals surface area contributed by atoms with Gasteiger partial charge in [0.2, 0.25) is 0 Å². The van der Waals surface area contributed by atoms with Crippen LogP contribution in [-0.2, 0) is 60.7 Å². The molecular weight excluding hydrogens is 1780 g/mol. The maximum atomic E-state index is 7.75. The fraction of sp³-hybridized carbons (Fsp3) is 0. The number of carbonyl (C=O) groups excluding carboxylic acids is 4. The molecule has 0 spiro atoms. The smallest absolute Gasteiger partial charge is 0.148 e. The third-order valence-corrected chi connectivity index (χ3v) is 18.8. The van der Waals surface area contributed by atoms with Gasteiger partial charge < -0.3 is 38.3 Å². The van der Waals surface area contributed by atoms with Crippen molar-refractivity contribution in [3.05, 3.63) is 508 Å². The second kappa shape index (κ2) is 46.3. The van der Waals surface area contributed by atoms with Crippen molar-refractivity contribution < 1.29 is 69.8 Å². The predicted molar refractivity (Wildman–Crippen MR) is 469 cm³/mol. The first kappa shape index (κ1) is 88.7. The predicted octanol–water partition coefficient (Wildman–Crippen LogP) is 23.6. The van der Waals surface area contributed by atoms with Gasteiger partial charge >= 0.3 is 0 Å². The van der Waals surface area contributed by atoms with Crippen molar-refractivity contribution in [2.75, 3.05) is 0 Å². The number of quaternary nitrogens is 3. The van der Waals surface area contributed by atoms with Gasteiger partial charge in [-0.2, -0.15) is 28.7 Å². The molecule has 0 saturated heterocycles. The van der Waals surface area contributed by atoms with Crippen molar-refractivity contribution >= 4 is 97.5 Å². The van der Waals surface area contributed by atoms with Crippen LogP contribution in [0.2, 0.25) is 0 Å². The van der Waals surface area contributed by atoms with Crippen LogP contribution in [-0.4, -0.2) is 59.7 Å². The van der Waals surface area contributed by atoms with Crippen molar-refractivity contribution in [1.82, 2.24) is 23.4 Å². The van der Waals surface area contributed by atoms with Gasteiger partial charge in [-0.1, -0.05) is 188 Å². The quantitative estimate of drug-likeness (QED) is 0.0413. The molecule has 575 valence electrons. The van der Waals surface area contributed by atoms with E-state index in [-0.39, 0.29) is 41.5 Å². The van der Waals surface area contributed by atoms with Crippen LogP contribution in [0.15, 0.2) is 461 Å². The second-order valence-corrected chi connectivity index (χ2v) is 25.2. The third-order valence-electron chi connectivity index (χ3n) is 18.8. The fourth-order valence-electron chi connectivity index (χ4n) is 14.0. The SMILES string of the molecule is C=[N+]1C=CC([N+](c2ccccc2)(c2ccccc2)c2ccccc2)=C[C-]1c1[c-]cccc1.C=[N+]1C=CC([N+](c2ccccc2)(c2ccccc2)c2ccccc2)=C[C-]1c1[c-]cccc1.[CH-]=O.[CH-]=O.[CH-]=O.[CH-]=O.[Re].[W].[c-]1ccccc1-c1cc([N+](c2ccccc2)(c2ccccc2)c2ccccc2)ccn1.[c-]1ccccc1-c1ccccn1. The molecule has 1 radical (unpaired) electrons. The molecule has 13 heteroatoms. The van der Waals surface area contributed by atoms with Crippen molar-refractivity contribution in [3.63, 3.8) is 0 Å². The van der Waals surface area contributed by atoms with Gasteiger partial charge in [0.1, 0.15) is 56.9 Å². The van der Waals surface area contributed by atoms with Gasteiger partial charge in [-0.15, -0.1) is 107 Å². The zero-order valence-electron chi connectivity index (χ0n) is 64.0. The number of benzene rings is 13.